The van der Waals surface area contributed by atoms with E-state index in [1.165, 1.54) is 12.0 Å². The van der Waals surface area contributed by atoms with Crippen LogP contribution in [0.5, 0.6) is 0 Å². The maximum Gasteiger partial charge on any atom is 0.158 e. The lowest BCUT2D eigenvalue weighted by Crippen LogP contribution is -2.36. The number of rotatable bonds is 5. The first-order valence-electron chi connectivity index (χ1n) is 9.42. The summed E-state index contributed by atoms with van der Waals surface area (Å²) in [6.07, 6.45) is 6.89. The second-order valence-electron chi connectivity index (χ2n) is 6.68. The molecule has 0 radical (unpaired) electrons. The highest BCUT2D eigenvalue weighted by atomic mass is 16.5. The predicted octanol–water partition coefficient (Wildman–Crippen LogP) is 2.63. The summed E-state index contributed by atoms with van der Waals surface area (Å²) in [6, 6.07) is 12.2. The minimum absolute atomic E-state index is 0.684. The largest absolute Gasteiger partial charge is 0.378 e. The van der Waals surface area contributed by atoms with E-state index in [9.17, 15) is 0 Å². The number of anilines is 3. The Balaban J connectivity index is 1.31. The highest BCUT2D eigenvalue weighted by Gasteiger charge is 2.11. The van der Waals surface area contributed by atoms with E-state index in [0.717, 1.165) is 49.1 Å². The normalized spacial score (nSPS) is 14.1. The molecule has 1 aliphatic heterocycles. The van der Waals surface area contributed by atoms with Gasteiger partial charge in [0, 0.05) is 42.9 Å². The number of morpholine rings is 1. The number of benzene rings is 1. The third-order valence-electron chi connectivity index (χ3n) is 4.80. The van der Waals surface area contributed by atoms with Gasteiger partial charge in [-0.15, -0.1) is 0 Å². The monoisotopic (exact) mass is 388 g/mol. The Labute approximate surface area is 167 Å². The molecule has 0 atom stereocenters. The summed E-state index contributed by atoms with van der Waals surface area (Å²) in [4.78, 5) is 10.9. The van der Waals surface area contributed by atoms with Crippen molar-refractivity contribution in [1.82, 2.24) is 29.9 Å². The molecule has 29 heavy (non-hydrogen) atoms. The van der Waals surface area contributed by atoms with Gasteiger partial charge in [-0.1, -0.05) is 0 Å². The van der Waals surface area contributed by atoms with Crippen molar-refractivity contribution < 1.29 is 4.74 Å². The van der Waals surface area contributed by atoms with Crippen LogP contribution in [0.4, 0.5) is 17.2 Å². The fourth-order valence-corrected chi connectivity index (χ4v) is 3.29. The van der Waals surface area contributed by atoms with E-state index in [0.29, 0.717) is 5.82 Å². The molecule has 1 saturated heterocycles. The van der Waals surface area contributed by atoms with Crippen molar-refractivity contribution in [2.24, 2.45) is 0 Å². The predicted molar refractivity (Wildman–Crippen MR) is 109 cm³/mol. The van der Waals surface area contributed by atoms with Crippen LogP contribution in [-0.2, 0) is 4.74 Å². The average Bonchev–Trinajstić information content (AvgIpc) is 3.47. The molecule has 5 rings (SSSR count). The van der Waals surface area contributed by atoms with Gasteiger partial charge in [0.05, 0.1) is 30.7 Å². The molecule has 0 amide bonds. The van der Waals surface area contributed by atoms with E-state index in [4.69, 9.17) is 4.74 Å². The van der Waals surface area contributed by atoms with Gasteiger partial charge in [-0.3, -0.25) is 5.10 Å². The molecule has 3 aromatic heterocycles. The maximum absolute atomic E-state index is 5.42. The summed E-state index contributed by atoms with van der Waals surface area (Å²) in [5, 5.41) is 14.5. The summed E-state index contributed by atoms with van der Waals surface area (Å²) in [5.41, 5.74) is 3.96. The molecule has 0 spiro atoms. The SMILES string of the molecule is c1cc(-n2cc(-c3ncn[nH]3)cn2)cc(Nc2ccc(N3CCOCC3)cc2)n1. The van der Waals surface area contributed by atoms with Gasteiger partial charge in [-0.2, -0.15) is 10.2 Å². The van der Waals surface area contributed by atoms with Crippen LogP contribution in [0.2, 0.25) is 0 Å². The number of nitrogens with zero attached hydrogens (tertiary/aromatic N) is 6. The molecule has 4 heterocycles. The zero-order valence-electron chi connectivity index (χ0n) is 15.7. The molecule has 9 heteroatoms. The fraction of sp³-hybridized carbons (Fsp3) is 0.200. The summed E-state index contributed by atoms with van der Waals surface area (Å²) < 4.78 is 7.20. The molecule has 1 aliphatic rings. The second kappa shape index (κ2) is 7.72. The average molecular weight is 388 g/mol. The Morgan fingerprint density at radius 1 is 1.00 bits per heavy atom. The first-order valence-corrected chi connectivity index (χ1v) is 9.42. The lowest BCUT2D eigenvalue weighted by Gasteiger charge is -2.28. The van der Waals surface area contributed by atoms with Crippen LogP contribution in [-0.4, -0.2) is 56.2 Å². The first kappa shape index (κ1) is 17.4. The van der Waals surface area contributed by atoms with Crippen LogP contribution < -0.4 is 10.2 Å². The van der Waals surface area contributed by atoms with Gasteiger partial charge in [0.1, 0.15) is 12.1 Å². The Morgan fingerprint density at radius 3 is 2.66 bits per heavy atom. The van der Waals surface area contributed by atoms with Crippen LogP contribution in [0, 0.1) is 0 Å². The number of hydrogen-bond donors (Lipinski definition) is 2. The lowest BCUT2D eigenvalue weighted by molar-refractivity contribution is 0.122. The number of ether oxygens (including phenoxy) is 1. The maximum atomic E-state index is 5.42. The minimum atomic E-state index is 0.684. The van der Waals surface area contributed by atoms with E-state index < -0.39 is 0 Å². The first-order chi connectivity index (χ1) is 14.3. The number of aromatic amines is 1. The van der Waals surface area contributed by atoms with Crippen molar-refractivity contribution in [3.63, 3.8) is 0 Å². The Kier molecular flexibility index (Phi) is 4.63. The van der Waals surface area contributed by atoms with E-state index >= 15 is 0 Å². The van der Waals surface area contributed by atoms with Crippen molar-refractivity contribution >= 4 is 17.2 Å². The van der Waals surface area contributed by atoms with Gasteiger partial charge in [0.2, 0.25) is 0 Å². The molecule has 2 N–H and O–H groups in total. The van der Waals surface area contributed by atoms with E-state index in [1.54, 1.807) is 17.1 Å². The Bertz CT molecular complexity index is 1070. The van der Waals surface area contributed by atoms with Gasteiger partial charge in [0.15, 0.2) is 5.82 Å². The molecule has 4 aromatic rings. The highest BCUT2D eigenvalue weighted by molar-refractivity contribution is 5.62. The van der Waals surface area contributed by atoms with Crippen LogP contribution in [0.3, 0.4) is 0 Å². The van der Waals surface area contributed by atoms with Crippen LogP contribution in [0.25, 0.3) is 17.1 Å². The van der Waals surface area contributed by atoms with Crippen molar-refractivity contribution in [2.75, 3.05) is 36.5 Å². The zero-order valence-corrected chi connectivity index (χ0v) is 15.7. The van der Waals surface area contributed by atoms with Gasteiger partial charge in [-0.05, 0) is 30.3 Å². The van der Waals surface area contributed by atoms with E-state index in [1.807, 2.05) is 18.3 Å². The summed E-state index contributed by atoms with van der Waals surface area (Å²) in [7, 11) is 0. The zero-order chi connectivity index (χ0) is 19.5. The molecular weight excluding hydrogens is 368 g/mol. The summed E-state index contributed by atoms with van der Waals surface area (Å²) in [5.74, 6) is 1.43. The number of nitrogens with one attached hydrogen (secondary N) is 2. The molecule has 0 aliphatic carbocycles. The number of pyridine rings is 1. The molecule has 9 nitrogen and oxygen atoms in total. The van der Waals surface area contributed by atoms with Crippen molar-refractivity contribution in [3.05, 3.63) is 61.3 Å². The topological polar surface area (TPSA) is 96.8 Å². The molecular formula is C20H20N8O. The van der Waals surface area contributed by atoms with Gasteiger partial charge in [-0.25, -0.2) is 14.6 Å². The molecule has 1 fully saturated rings. The lowest BCUT2D eigenvalue weighted by atomic mass is 10.2. The van der Waals surface area contributed by atoms with E-state index in [2.05, 4.69) is 59.7 Å². The number of H-pyrrole nitrogens is 1. The molecule has 0 saturated carbocycles. The van der Waals surface area contributed by atoms with Crippen molar-refractivity contribution in [2.45, 2.75) is 0 Å². The molecule has 0 bridgehead atoms. The number of aromatic nitrogens is 6. The second-order valence-corrected chi connectivity index (χ2v) is 6.68. The third kappa shape index (κ3) is 3.81. The van der Waals surface area contributed by atoms with Crippen molar-refractivity contribution in [3.8, 4) is 17.1 Å². The van der Waals surface area contributed by atoms with E-state index in [-0.39, 0.29) is 0 Å². The number of hydrogen-bond acceptors (Lipinski definition) is 7. The summed E-state index contributed by atoms with van der Waals surface area (Å²) >= 11 is 0. The minimum Gasteiger partial charge on any atom is -0.378 e. The van der Waals surface area contributed by atoms with Gasteiger partial charge < -0.3 is 15.0 Å². The molecule has 146 valence electrons. The highest BCUT2D eigenvalue weighted by Crippen LogP contribution is 2.22. The van der Waals surface area contributed by atoms with Crippen LogP contribution in [0.1, 0.15) is 0 Å². The molecule has 0 unspecified atom stereocenters. The fourth-order valence-electron chi connectivity index (χ4n) is 3.29. The van der Waals surface area contributed by atoms with Gasteiger partial charge in [0.25, 0.3) is 0 Å². The molecule has 1 aromatic carbocycles. The summed E-state index contributed by atoms with van der Waals surface area (Å²) in [6.45, 7) is 3.41. The smallest absolute Gasteiger partial charge is 0.158 e. The Morgan fingerprint density at radius 2 is 1.86 bits per heavy atom. The van der Waals surface area contributed by atoms with Crippen LogP contribution in [0.15, 0.2) is 61.3 Å². The Hall–Kier alpha value is -3.72. The quantitative estimate of drug-likeness (QED) is 0.542. The standard InChI is InChI=1S/C20H20N8O/c1-3-17(27-7-9-29-10-8-27)4-2-16(1)25-19-11-18(5-6-21-19)28-13-15(12-24-28)20-22-14-23-26-20/h1-6,11-14H,7-10H2,(H,21,25)(H,22,23,26). The van der Waals surface area contributed by atoms with Gasteiger partial charge >= 0.3 is 0 Å². The van der Waals surface area contributed by atoms with Crippen molar-refractivity contribution in [1.29, 1.82) is 0 Å². The van der Waals surface area contributed by atoms with Crippen LogP contribution >= 0.6 is 0 Å². The third-order valence-corrected chi connectivity index (χ3v) is 4.80.